The summed E-state index contributed by atoms with van der Waals surface area (Å²) in [6.07, 6.45) is 3.32. The van der Waals surface area contributed by atoms with Crippen LogP contribution in [0.1, 0.15) is 20.8 Å². The Hall–Kier alpha value is -3.19. The smallest absolute Gasteiger partial charge is 0.267 e. The second-order valence-electron chi connectivity index (χ2n) is 5.91. The number of nitrogens with one attached hydrogen (secondary N) is 3. The molecule has 3 N–H and O–H groups in total. The van der Waals surface area contributed by atoms with Crippen molar-refractivity contribution in [2.24, 2.45) is 0 Å². The molecule has 0 fully saturated rings. The summed E-state index contributed by atoms with van der Waals surface area (Å²) in [6.45, 7) is 2.63. The van der Waals surface area contributed by atoms with E-state index in [0.29, 0.717) is 11.4 Å². The van der Waals surface area contributed by atoms with Crippen molar-refractivity contribution in [2.45, 2.75) is 13.5 Å². The molecule has 0 saturated carbocycles. The van der Waals surface area contributed by atoms with Crippen LogP contribution >= 0.6 is 11.3 Å². The monoisotopic (exact) mass is 363 g/mol. The van der Waals surface area contributed by atoms with Crippen LogP contribution < -0.4 is 10.6 Å². The molecule has 26 heavy (non-hydrogen) atoms. The molecule has 0 unspecified atom stereocenters. The lowest BCUT2D eigenvalue weighted by Crippen LogP contribution is -2.11. The number of aryl methyl sites for hydroxylation is 1. The third kappa shape index (κ3) is 3.29. The molecule has 0 aliphatic rings. The lowest BCUT2D eigenvalue weighted by Gasteiger charge is -2.08. The van der Waals surface area contributed by atoms with Gasteiger partial charge in [0, 0.05) is 11.9 Å². The minimum absolute atomic E-state index is 0.174. The number of carbonyl (C=O) groups is 1. The number of aromatic nitrogens is 3. The number of thiazole rings is 1. The van der Waals surface area contributed by atoms with Gasteiger partial charge in [-0.25, -0.2) is 4.98 Å². The number of rotatable bonds is 5. The van der Waals surface area contributed by atoms with Crippen molar-refractivity contribution in [1.82, 2.24) is 15.2 Å². The van der Waals surface area contributed by atoms with Crippen molar-refractivity contribution < 1.29 is 4.79 Å². The summed E-state index contributed by atoms with van der Waals surface area (Å²) in [5.41, 5.74) is 3.81. The molecular weight excluding hydrogens is 346 g/mol. The molecule has 2 heterocycles. The van der Waals surface area contributed by atoms with Crippen LogP contribution in [0, 0.1) is 6.92 Å². The van der Waals surface area contributed by atoms with Gasteiger partial charge in [-0.3, -0.25) is 9.89 Å². The number of benzene rings is 2. The van der Waals surface area contributed by atoms with Gasteiger partial charge < -0.3 is 10.6 Å². The van der Waals surface area contributed by atoms with Gasteiger partial charge in [-0.05, 0) is 24.1 Å². The molecule has 6 nitrogen and oxygen atoms in total. The Morgan fingerprint density at radius 3 is 2.85 bits per heavy atom. The van der Waals surface area contributed by atoms with Crippen LogP contribution in [-0.2, 0) is 6.54 Å². The van der Waals surface area contributed by atoms with Crippen LogP contribution in [0.3, 0.4) is 0 Å². The molecule has 0 spiro atoms. The molecule has 0 atom stereocenters. The van der Waals surface area contributed by atoms with Crippen LogP contribution in [-0.4, -0.2) is 21.1 Å². The second kappa shape index (κ2) is 6.97. The highest BCUT2D eigenvalue weighted by Crippen LogP contribution is 2.27. The Balaban J connectivity index is 1.48. The van der Waals surface area contributed by atoms with Gasteiger partial charge in [-0.15, -0.1) is 0 Å². The van der Waals surface area contributed by atoms with E-state index in [4.69, 9.17) is 0 Å². The zero-order valence-corrected chi connectivity index (χ0v) is 14.9. The summed E-state index contributed by atoms with van der Waals surface area (Å²) < 4.78 is 0. The molecule has 4 rings (SSSR count). The average Bonchev–Trinajstić information content (AvgIpc) is 3.32. The fourth-order valence-corrected chi connectivity index (χ4v) is 3.41. The van der Waals surface area contributed by atoms with E-state index in [0.717, 1.165) is 32.8 Å². The molecule has 0 radical (unpaired) electrons. The fourth-order valence-electron chi connectivity index (χ4n) is 2.70. The fraction of sp³-hybridized carbons (Fsp3) is 0.105. The number of nitrogens with zero attached hydrogens (tertiary/aromatic N) is 2. The average molecular weight is 363 g/mol. The molecular formula is C19H17N5OS. The van der Waals surface area contributed by atoms with Crippen molar-refractivity contribution in [1.29, 1.82) is 0 Å². The van der Waals surface area contributed by atoms with Gasteiger partial charge in [0.1, 0.15) is 4.88 Å². The Kier molecular flexibility index (Phi) is 4.37. The van der Waals surface area contributed by atoms with E-state index >= 15 is 0 Å². The summed E-state index contributed by atoms with van der Waals surface area (Å²) in [4.78, 5) is 17.5. The zero-order chi connectivity index (χ0) is 17.9. The molecule has 0 bridgehead atoms. The van der Waals surface area contributed by atoms with Gasteiger partial charge in [0.2, 0.25) is 0 Å². The first kappa shape index (κ1) is 16.3. The van der Waals surface area contributed by atoms with E-state index in [2.05, 4.69) is 25.8 Å². The van der Waals surface area contributed by atoms with Crippen LogP contribution in [0.4, 0.5) is 10.8 Å². The van der Waals surface area contributed by atoms with E-state index in [-0.39, 0.29) is 5.91 Å². The summed E-state index contributed by atoms with van der Waals surface area (Å²) in [5, 5.41) is 14.8. The first-order chi connectivity index (χ1) is 12.7. The lowest BCUT2D eigenvalue weighted by atomic mass is 10.1. The Labute approximate surface area is 154 Å². The summed E-state index contributed by atoms with van der Waals surface area (Å²) >= 11 is 1.34. The number of carbonyl (C=O) groups excluding carboxylic acids is 1. The predicted molar refractivity (Wildman–Crippen MR) is 105 cm³/mol. The molecule has 0 aliphatic heterocycles. The van der Waals surface area contributed by atoms with E-state index in [1.165, 1.54) is 11.3 Å². The van der Waals surface area contributed by atoms with Gasteiger partial charge in [-0.2, -0.15) is 5.10 Å². The molecule has 1 amide bonds. The third-order valence-corrected chi connectivity index (χ3v) is 5.04. The molecule has 7 heteroatoms. The van der Waals surface area contributed by atoms with Crippen LogP contribution in [0.15, 0.2) is 54.9 Å². The second-order valence-corrected chi connectivity index (χ2v) is 6.94. The summed E-state index contributed by atoms with van der Waals surface area (Å²) in [7, 11) is 0. The molecule has 0 saturated heterocycles. The van der Waals surface area contributed by atoms with Gasteiger partial charge in [0.05, 0.1) is 23.6 Å². The number of fused-ring (bicyclic) bond motifs is 1. The first-order valence-corrected chi connectivity index (χ1v) is 9.00. The SMILES string of the molecule is Cc1ccc2[nH]ncc2c1NC(=O)c1cnc(NCc2ccccc2)s1. The van der Waals surface area contributed by atoms with Gasteiger partial charge in [-0.1, -0.05) is 47.7 Å². The lowest BCUT2D eigenvalue weighted by molar-refractivity contribution is 0.103. The Morgan fingerprint density at radius 2 is 2.00 bits per heavy atom. The molecule has 2 aromatic carbocycles. The van der Waals surface area contributed by atoms with Crippen molar-refractivity contribution in [3.05, 3.63) is 70.9 Å². The number of H-pyrrole nitrogens is 1. The minimum atomic E-state index is -0.174. The summed E-state index contributed by atoms with van der Waals surface area (Å²) in [5.74, 6) is -0.174. The Bertz CT molecular complexity index is 1050. The molecule has 130 valence electrons. The van der Waals surface area contributed by atoms with E-state index < -0.39 is 0 Å². The number of aromatic amines is 1. The number of hydrogen-bond acceptors (Lipinski definition) is 5. The molecule has 4 aromatic rings. The zero-order valence-electron chi connectivity index (χ0n) is 14.1. The quantitative estimate of drug-likeness (QED) is 0.496. The number of amides is 1. The standard InChI is InChI=1S/C19H17N5OS/c1-12-7-8-15-14(10-22-24-15)17(12)23-18(25)16-11-21-19(26-16)20-9-13-5-3-2-4-6-13/h2-8,10-11H,9H2,1H3,(H,20,21)(H,22,24)(H,23,25). The summed E-state index contributed by atoms with van der Waals surface area (Å²) in [6, 6.07) is 14.0. The maximum Gasteiger partial charge on any atom is 0.267 e. The van der Waals surface area contributed by atoms with Crippen molar-refractivity contribution in [3.8, 4) is 0 Å². The highest BCUT2D eigenvalue weighted by molar-refractivity contribution is 7.17. The van der Waals surface area contributed by atoms with Gasteiger partial charge >= 0.3 is 0 Å². The van der Waals surface area contributed by atoms with E-state index in [1.807, 2.05) is 49.4 Å². The van der Waals surface area contributed by atoms with Gasteiger partial charge in [0.15, 0.2) is 5.13 Å². The third-order valence-electron chi connectivity index (χ3n) is 4.09. The largest absolute Gasteiger partial charge is 0.357 e. The molecule has 0 aliphatic carbocycles. The van der Waals surface area contributed by atoms with Crippen LogP contribution in [0.25, 0.3) is 10.9 Å². The predicted octanol–water partition coefficient (Wildman–Crippen LogP) is 4.19. The first-order valence-electron chi connectivity index (χ1n) is 8.18. The maximum absolute atomic E-state index is 12.6. The van der Waals surface area contributed by atoms with Crippen molar-refractivity contribution in [2.75, 3.05) is 10.6 Å². The van der Waals surface area contributed by atoms with E-state index in [1.54, 1.807) is 12.4 Å². The van der Waals surface area contributed by atoms with Crippen molar-refractivity contribution in [3.63, 3.8) is 0 Å². The van der Waals surface area contributed by atoms with Gasteiger partial charge in [0.25, 0.3) is 5.91 Å². The molecule has 2 aromatic heterocycles. The number of anilines is 2. The van der Waals surface area contributed by atoms with E-state index in [9.17, 15) is 4.79 Å². The highest BCUT2D eigenvalue weighted by atomic mass is 32.1. The Morgan fingerprint density at radius 1 is 1.15 bits per heavy atom. The normalized spacial score (nSPS) is 10.8. The minimum Gasteiger partial charge on any atom is -0.357 e. The maximum atomic E-state index is 12.6. The highest BCUT2D eigenvalue weighted by Gasteiger charge is 2.14. The van der Waals surface area contributed by atoms with Crippen LogP contribution in [0.5, 0.6) is 0 Å². The van der Waals surface area contributed by atoms with Crippen LogP contribution in [0.2, 0.25) is 0 Å². The number of hydrogen-bond donors (Lipinski definition) is 3. The topological polar surface area (TPSA) is 82.7 Å². The van der Waals surface area contributed by atoms with Crippen molar-refractivity contribution >= 4 is 39.0 Å².